The molecule has 5 aliphatic rings. The van der Waals surface area contributed by atoms with Gasteiger partial charge in [-0.05, 0) is 56.1 Å². The van der Waals surface area contributed by atoms with E-state index in [9.17, 15) is 0 Å². The average Bonchev–Trinajstić information content (AvgIpc) is 2.60. The maximum absolute atomic E-state index is 5.10. The van der Waals surface area contributed by atoms with E-state index in [1.807, 2.05) is 0 Å². The third kappa shape index (κ3) is 1.59. The monoisotopic (exact) mass is 330 g/mol. The van der Waals surface area contributed by atoms with Gasteiger partial charge in [0.25, 0.3) is 0 Å². The number of benzene rings is 1. The van der Waals surface area contributed by atoms with E-state index < -0.39 is 0 Å². The SMILES string of the molecule is Brc1cccc2c1CN1C(=N2)C2CC3CC(C2)CC1C3. The molecule has 4 fully saturated rings. The van der Waals surface area contributed by atoms with Crippen LogP contribution in [-0.4, -0.2) is 16.8 Å². The van der Waals surface area contributed by atoms with Crippen LogP contribution in [0.3, 0.4) is 0 Å². The Kier molecular flexibility index (Phi) is 2.41. The summed E-state index contributed by atoms with van der Waals surface area (Å²) in [5.41, 5.74) is 2.59. The van der Waals surface area contributed by atoms with Crippen LogP contribution in [0.15, 0.2) is 27.7 Å². The molecule has 2 nitrogen and oxygen atoms in total. The lowest BCUT2D eigenvalue weighted by Gasteiger charge is -2.39. The first-order valence-corrected chi connectivity index (χ1v) is 8.70. The third-order valence-corrected chi connectivity index (χ3v) is 6.61. The van der Waals surface area contributed by atoms with Crippen molar-refractivity contribution in [3.63, 3.8) is 0 Å². The first kappa shape index (κ1) is 11.8. The molecule has 3 heterocycles. The fourth-order valence-electron chi connectivity index (χ4n) is 5.17. The second kappa shape index (κ2) is 4.09. The molecular weight excluding hydrogens is 312 g/mol. The Labute approximate surface area is 128 Å². The van der Waals surface area contributed by atoms with E-state index in [-0.39, 0.29) is 0 Å². The van der Waals surface area contributed by atoms with Gasteiger partial charge in [-0.3, -0.25) is 0 Å². The van der Waals surface area contributed by atoms with Crippen LogP contribution in [0.2, 0.25) is 0 Å². The molecular formula is C17H19BrN2. The van der Waals surface area contributed by atoms with Crippen molar-refractivity contribution in [2.45, 2.75) is 44.7 Å². The van der Waals surface area contributed by atoms with E-state index in [1.165, 1.54) is 53.7 Å². The van der Waals surface area contributed by atoms with Gasteiger partial charge in [-0.2, -0.15) is 0 Å². The highest BCUT2D eigenvalue weighted by Crippen LogP contribution is 2.50. The molecule has 1 aromatic carbocycles. The maximum atomic E-state index is 5.10. The van der Waals surface area contributed by atoms with Crippen molar-refractivity contribution in [1.29, 1.82) is 0 Å². The van der Waals surface area contributed by atoms with Crippen molar-refractivity contribution in [2.75, 3.05) is 0 Å². The van der Waals surface area contributed by atoms with Gasteiger partial charge in [-0.25, -0.2) is 4.99 Å². The molecule has 0 N–H and O–H groups in total. The summed E-state index contributed by atoms with van der Waals surface area (Å²) in [5, 5.41) is 0. The van der Waals surface area contributed by atoms with Crippen LogP contribution in [0.1, 0.15) is 37.7 Å². The fourth-order valence-corrected chi connectivity index (χ4v) is 5.65. The highest BCUT2D eigenvalue weighted by atomic mass is 79.9. The van der Waals surface area contributed by atoms with Crippen LogP contribution in [0.5, 0.6) is 0 Å². The van der Waals surface area contributed by atoms with Gasteiger partial charge in [-0.15, -0.1) is 0 Å². The smallest absolute Gasteiger partial charge is 0.108 e. The van der Waals surface area contributed by atoms with E-state index in [0.717, 1.165) is 30.3 Å². The number of hydrogen-bond donors (Lipinski definition) is 0. The molecule has 0 amide bonds. The Hall–Kier alpha value is -0.830. The number of rotatable bonds is 0. The molecule has 2 atom stereocenters. The predicted molar refractivity (Wildman–Crippen MR) is 84.1 cm³/mol. The predicted octanol–water partition coefficient (Wildman–Crippen LogP) is 4.50. The van der Waals surface area contributed by atoms with E-state index >= 15 is 0 Å². The Morgan fingerprint density at radius 2 is 1.85 bits per heavy atom. The number of amidine groups is 1. The lowest BCUT2D eigenvalue weighted by molar-refractivity contribution is 0.128. The summed E-state index contributed by atoms with van der Waals surface area (Å²) >= 11 is 3.72. The average molecular weight is 331 g/mol. The first-order chi connectivity index (χ1) is 9.78. The van der Waals surface area contributed by atoms with Gasteiger partial charge in [0, 0.05) is 28.5 Å². The summed E-state index contributed by atoms with van der Waals surface area (Å²) in [4.78, 5) is 7.76. The van der Waals surface area contributed by atoms with Gasteiger partial charge in [0.1, 0.15) is 5.84 Å². The zero-order valence-corrected chi connectivity index (χ0v) is 13.1. The molecule has 4 bridgehead atoms. The van der Waals surface area contributed by atoms with Crippen LogP contribution >= 0.6 is 15.9 Å². The normalized spacial score (nSPS) is 37.2. The Bertz CT molecular complexity index is 595. The summed E-state index contributed by atoms with van der Waals surface area (Å²) in [7, 11) is 0. The first-order valence-electron chi connectivity index (χ1n) is 7.90. The van der Waals surface area contributed by atoms with Crippen molar-refractivity contribution in [3.8, 4) is 0 Å². The molecule has 2 unspecified atom stereocenters. The van der Waals surface area contributed by atoms with Crippen molar-refractivity contribution in [1.82, 2.24) is 4.90 Å². The summed E-state index contributed by atoms with van der Waals surface area (Å²) < 4.78 is 1.22. The molecule has 2 saturated heterocycles. The summed E-state index contributed by atoms with van der Waals surface area (Å²) in [6, 6.07) is 7.20. The summed E-state index contributed by atoms with van der Waals surface area (Å²) in [5.74, 6) is 4.10. The van der Waals surface area contributed by atoms with E-state index in [2.05, 4.69) is 39.0 Å². The van der Waals surface area contributed by atoms with Gasteiger partial charge in [0.2, 0.25) is 0 Å². The Morgan fingerprint density at radius 3 is 2.65 bits per heavy atom. The van der Waals surface area contributed by atoms with Crippen LogP contribution in [0.25, 0.3) is 0 Å². The topological polar surface area (TPSA) is 15.6 Å². The van der Waals surface area contributed by atoms with Gasteiger partial charge in [0.05, 0.1) is 5.69 Å². The van der Waals surface area contributed by atoms with Crippen LogP contribution in [0, 0.1) is 17.8 Å². The molecule has 0 radical (unpaired) electrons. The molecule has 2 aliphatic carbocycles. The lowest BCUT2D eigenvalue weighted by atomic mass is 9.68. The van der Waals surface area contributed by atoms with Crippen LogP contribution in [-0.2, 0) is 6.54 Å². The maximum Gasteiger partial charge on any atom is 0.108 e. The molecule has 2 saturated carbocycles. The second-order valence-corrected chi connectivity index (χ2v) is 7.95. The molecule has 104 valence electrons. The Morgan fingerprint density at radius 1 is 1.05 bits per heavy atom. The lowest BCUT2D eigenvalue weighted by Crippen LogP contribution is -2.42. The van der Waals surface area contributed by atoms with Gasteiger partial charge in [0.15, 0.2) is 0 Å². The van der Waals surface area contributed by atoms with Crippen molar-refractivity contribution < 1.29 is 0 Å². The van der Waals surface area contributed by atoms with Gasteiger partial charge in [-0.1, -0.05) is 22.0 Å². The minimum atomic E-state index is 0.735. The third-order valence-electron chi connectivity index (χ3n) is 5.87. The number of nitrogens with zero attached hydrogens (tertiary/aromatic N) is 2. The standard InChI is InChI=1S/C17H19BrN2/c18-15-2-1-3-16-14(15)9-20-13-7-10-4-11(8-13)6-12(5-10)17(20)19-16/h1-3,10-13H,4-9H2. The summed E-state index contributed by atoms with van der Waals surface area (Å²) in [6.07, 6.45) is 7.10. The van der Waals surface area contributed by atoms with E-state index in [1.54, 1.807) is 0 Å². The van der Waals surface area contributed by atoms with Gasteiger partial charge >= 0.3 is 0 Å². The summed E-state index contributed by atoms with van der Waals surface area (Å²) in [6.45, 7) is 1.07. The molecule has 0 spiro atoms. The number of fused-ring (bicyclic) bond motifs is 1. The number of halogens is 1. The molecule has 3 heteroatoms. The van der Waals surface area contributed by atoms with Crippen LogP contribution < -0.4 is 0 Å². The second-order valence-electron chi connectivity index (χ2n) is 7.10. The van der Waals surface area contributed by atoms with Crippen molar-refractivity contribution in [3.05, 3.63) is 28.2 Å². The largest absolute Gasteiger partial charge is 0.352 e. The molecule has 0 aromatic heterocycles. The van der Waals surface area contributed by atoms with E-state index in [4.69, 9.17) is 4.99 Å². The highest BCUT2D eigenvalue weighted by Gasteiger charge is 2.46. The zero-order valence-electron chi connectivity index (χ0n) is 11.6. The quantitative estimate of drug-likeness (QED) is 0.683. The highest BCUT2D eigenvalue weighted by molar-refractivity contribution is 9.10. The Balaban J connectivity index is 1.66. The van der Waals surface area contributed by atoms with Crippen molar-refractivity contribution >= 4 is 27.5 Å². The minimum Gasteiger partial charge on any atom is -0.352 e. The van der Waals surface area contributed by atoms with Crippen LogP contribution in [0.4, 0.5) is 5.69 Å². The molecule has 20 heavy (non-hydrogen) atoms. The number of aliphatic imine (C=N–C) groups is 1. The van der Waals surface area contributed by atoms with Gasteiger partial charge < -0.3 is 4.90 Å². The van der Waals surface area contributed by atoms with Crippen molar-refractivity contribution in [2.24, 2.45) is 22.7 Å². The van der Waals surface area contributed by atoms with E-state index in [0.29, 0.717) is 0 Å². The molecule has 6 rings (SSSR count). The molecule has 3 aliphatic heterocycles. The minimum absolute atomic E-state index is 0.735. The molecule has 1 aromatic rings. The number of hydrogen-bond acceptors (Lipinski definition) is 2. The zero-order chi connectivity index (χ0) is 13.3. The fraction of sp³-hybridized carbons (Fsp3) is 0.588.